The van der Waals surface area contributed by atoms with E-state index in [1.54, 1.807) is 42.7 Å². The third kappa shape index (κ3) is 9.47. The molecule has 3 N–H and O–H groups in total. The van der Waals surface area contributed by atoms with Crippen LogP contribution in [0, 0.1) is 5.92 Å². The molecule has 0 unspecified atom stereocenters. The van der Waals surface area contributed by atoms with Gasteiger partial charge in [-0.3, -0.25) is 19.6 Å². The molecule has 2 heterocycles. The molecule has 0 aliphatic heterocycles. The Bertz CT molecular complexity index is 1400. The molecule has 7 nitrogen and oxygen atoms in total. The van der Waals surface area contributed by atoms with E-state index in [1.807, 2.05) is 48.5 Å². The Morgan fingerprint density at radius 1 is 0.732 bits per heavy atom. The summed E-state index contributed by atoms with van der Waals surface area (Å²) in [4.78, 5) is 35.5. The molecule has 0 aliphatic rings. The van der Waals surface area contributed by atoms with Crippen molar-refractivity contribution in [1.82, 2.24) is 25.9 Å². The van der Waals surface area contributed by atoms with E-state index in [0.29, 0.717) is 60.2 Å². The van der Waals surface area contributed by atoms with Crippen LogP contribution in [0.2, 0.25) is 10.0 Å². The monoisotopic (exact) mass is 589 g/mol. The number of nitrogens with one attached hydrogen (secondary N) is 3. The van der Waals surface area contributed by atoms with Gasteiger partial charge in [-0.25, -0.2) is 0 Å². The molecule has 2 aromatic carbocycles. The summed E-state index contributed by atoms with van der Waals surface area (Å²) in [6, 6.07) is 24.2. The lowest BCUT2D eigenvalue weighted by Gasteiger charge is -2.17. The minimum Gasteiger partial charge on any atom is -0.351 e. The summed E-state index contributed by atoms with van der Waals surface area (Å²) in [5.41, 5.74) is 4.12. The number of halogens is 2. The highest BCUT2D eigenvalue weighted by molar-refractivity contribution is 6.42. The highest BCUT2D eigenvalue weighted by Gasteiger charge is 2.27. The summed E-state index contributed by atoms with van der Waals surface area (Å²) >= 11 is 12.4. The Morgan fingerprint density at radius 3 is 2.07 bits per heavy atom. The second-order valence-electron chi connectivity index (χ2n) is 9.61. The van der Waals surface area contributed by atoms with E-state index in [2.05, 4.69) is 25.9 Å². The molecular weight excluding hydrogens is 557 g/mol. The third-order valence-corrected chi connectivity index (χ3v) is 7.45. The van der Waals surface area contributed by atoms with Crippen molar-refractivity contribution in [2.45, 2.75) is 39.0 Å². The number of pyridine rings is 2. The first kappa shape index (κ1) is 30.3. The van der Waals surface area contributed by atoms with Gasteiger partial charge in [-0.1, -0.05) is 71.7 Å². The first-order chi connectivity index (χ1) is 20.0. The molecule has 0 spiro atoms. The van der Waals surface area contributed by atoms with E-state index < -0.39 is 5.92 Å². The predicted molar refractivity (Wildman–Crippen MR) is 163 cm³/mol. The van der Waals surface area contributed by atoms with Gasteiger partial charge in [0, 0.05) is 44.1 Å². The molecule has 0 fully saturated rings. The Kier molecular flexibility index (Phi) is 11.8. The summed E-state index contributed by atoms with van der Waals surface area (Å²) < 4.78 is 0. The average molecular weight is 591 g/mol. The quantitative estimate of drug-likeness (QED) is 0.0926. The standard InChI is InChI=1S/C32H33Cl2N5O2/c33-29-11-5-7-25(30(29)34)20-39-32(41)28(10-6-16-35-21-26-8-1-3-17-37-26)31(40)24-14-12-23(13-15-24)19-36-22-27-9-2-4-18-38-27/h1-5,7-9,11-15,17-18,28,35-36H,6,10,16,19-22H2,(H,39,41)/t28-/m0/s1. The van der Waals surface area contributed by atoms with Gasteiger partial charge in [0.15, 0.2) is 5.78 Å². The zero-order valence-electron chi connectivity index (χ0n) is 22.7. The third-order valence-electron chi connectivity index (χ3n) is 6.60. The van der Waals surface area contributed by atoms with Gasteiger partial charge in [0.2, 0.25) is 5.91 Å². The highest BCUT2D eigenvalue weighted by Crippen LogP contribution is 2.25. The van der Waals surface area contributed by atoms with Crippen molar-refractivity contribution in [3.8, 4) is 0 Å². The van der Waals surface area contributed by atoms with Crippen molar-refractivity contribution in [2.24, 2.45) is 5.92 Å². The van der Waals surface area contributed by atoms with E-state index in [9.17, 15) is 9.59 Å². The van der Waals surface area contributed by atoms with Crippen LogP contribution in [0.3, 0.4) is 0 Å². The summed E-state index contributed by atoms with van der Waals surface area (Å²) in [5, 5.41) is 10.4. The number of benzene rings is 2. The number of carbonyl (C=O) groups is 2. The van der Waals surface area contributed by atoms with Crippen LogP contribution in [0.25, 0.3) is 0 Å². The van der Waals surface area contributed by atoms with Crippen LogP contribution in [0.4, 0.5) is 0 Å². The average Bonchev–Trinajstić information content (AvgIpc) is 3.00. The number of hydrogen-bond donors (Lipinski definition) is 3. The Morgan fingerprint density at radius 2 is 1.41 bits per heavy atom. The zero-order chi connectivity index (χ0) is 28.9. The lowest BCUT2D eigenvalue weighted by Crippen LogP contribution is -2.35. The van der Waals surface area contributed by atoms with Crippen LogP contribution in [0.5, 0.6) is 0 Å². The van der Waals surface area contributed by atoms with E-state index in [0.717, 1.165) is 17.0 Å². The van der Waals surface area contributed by atoms with Gasteiger partial charge in [0.25, 0.3) is 0 Å². The fourth-order valence-corrected chi connectivity index (χ4v) is 4.73. The van der Waals surface area contributed by atoms with Crippen molar-refractivity contribution < 1.29 is 9.59 Å². The summed E-state index contributed by atoms with van der Waals surface area (Å²) in [6.07, 6.45) is 4.56. The molecule has 1 amide bonds. The summed E-state index contributed by atoms with van der Waals surface area (Å²) in [7, 11) is 0. The van der Waals surface area contributed by atoms with Gasteiger partial charge in [-0.2, -0.15) is 0 Å². The number of carbonyl (C=O) groups excluding carboxylic acids is 2. The molecule has 212 valence electrons. The molecule has 0 saturated carbocycles. The summed E-state index contributed by atoms with van der Waals surface area (Å²) in [6.45, 7) is 2.73. The van der Waals surface area contributed by atoms with Crippen molar-refractivity contribution in [2.75, 3.05) is 6.54 Å². The number of hydrogen-bond acceptors (Lipinski definition) is 6. The van der Waals surface area contributed by atoms with Crippen LogP contribution < -0.4 is 16.0 Å². The maximum absolute atomic E-state index is 13.6. The molecular formula is C32H33Cl2N5O2. The number of rotatable bonds is 15. The van der Waals surface area contributed by atoms with Gasteiger partial charge < -0.3 is 16.0 Å². The minimum atomic E-state index is -0.835. The van der Waals surface area contributed by atoms with Crippen LogP contribution in [-0.2, 0) is 31.0 Å². The lowest BCUT2D eigenvalue weighted by atomic mass is 9.91. The molecule has 0 radical (unpaired) electrons. The molecule has 1 atom stereocenters. The van der Waals surface area contributed by atoms with Gasteiger partial charge in [0.05, 0.1) is 21.4 Å². The van der Waals surface area contributed by atoms with E-state index in [4.69, 9.17) is 23.2 Å². The number of Topliss-reactive ketones (excluding diaryl/α,β-unsaturated/α-hetero) is 1. The largest absolute Gasteiger partial charge is 0.351 e. The molecule has 4 rings (SSSR count). The fraction of sp³-hybridized carbons (Fsp3) is 0.250. The number of aromatic nitrogens is 2. The Hall–Kier alpha value is -3.62. The molecule has 2 aromatic heterocycles. The smallest absolute Gasteiger partial charge is 0.231 e. The SMILES string of the molecule is O=C(NCc1cccc(Cl)c1Cl)[C@@H](CCCNCc1ccccn1)C(=O)c1ccc(CNCc2ccccn2)cc1. The number of nitrogens with zero attached hydrogens (tertiary/aromatic N) is 2. The fourth-order valence-electron chi connectivity index (χ4n) is 4.35. The van der Waals surface area contributed by atoms with E-state index in [-0.39, 0.29) is 18.2 Å². The molecule has 0 aliphatic carbocycles. The zero-order valence-corrected chi connectivity index (χ0v) is 24.2. The molecule has 9 heteroatoms. The minimum absolute atomic E-state index is 0.181. The molecule has 0 bridgehead atoms. The van der Waals surface area contributed by atoms with Crippen LogP contribution >= 0.6 is 23.2 Å². The maximum Gasteiger partial charge on any atom is 0.231 e. The van der Waals surface area contributed by atoms with Crippen molar-refractivity contribution in [1.29, 1.82) is 0 Å². The molecule has 0 saturated heterocycles. The first-order valence-electron chi connectivity index (χ1n) is 13.6. The van der Waals surface area contributed by atoms with Gasteiger partial charge in [0.1, 0.15) is 5.92 Å². The predicted octanol–water partition coefficient (Wildman–Crippen LogP) is 5.76. The van der Waals surface area contributed by atoms with Crippen molar-refractivity contribution >= 4 is 34.9 Å². The first-order valence-corrected chi connectivity index (χ1v) is 14.3. The van der Waals surface area contributed by atoms with Crippen molar-refractivity contribution in [3.63, 3.8) is 0 Å². The van der Waals surface area contributed by atoms with Crippen LogP contribution in [-0.4, -0.2) is 28.2 Å². The van der Waals surface area contributed by atoms with Crippen molar-refractivity contribution in [3.05, 3.63) is 129 Å². The molecule has 4 aromatic rings. The van der Waals surface area contributed by atoms with Gasteiger partial charge >= 0.3 is 0 Å². The number of amides is 1. The molecule has 41 heavy (non-hydrogen) atoms. The van der Waals surface area contributed by atoms with Crippen LogP contribution in [0.15, 0.2) is 91.3 Å². The topological polar surface area (TPSA) is 96.0 Å². The van der Waals surface area contributed by atoms with Crippen LogP contribution in [0.1, 0.15) is 45.7 Å². The Labute approximate surface area is 250 Å². The van der Waals surface area contributed by atoms with Gasteiger partial charge in [-0.05, 0) is 60.8 Å². The normalized spacial score (nSPS) is 11.7. The van der Waals surface area contributed by atoms with Gasteiger partial charge in [-0.15, -0.1) is 0 Å². The van der Waals surface area contributed by atoms with E-state index >= 15 is 0 Å². The highest BCUT2D eigenvalue weighted by atomic mass is 35.5. The van der Waals surface area contributed by atoms with E-state index in [1.165, 1.54) is 0 Å². The lowest BCUT2D eigenvalue weighted by molar-refractivity contribution is -0.123. The number of ketones is 1. The summed E-state index contributed by atoms with van der Waals surface area (Å²) in [5.74, 6) is -1.38. The maximum atomic E-state index is 13.6. The second-order valence-corrected chi connectivity index (χ2v) is 10.4. The second kappa shape index (κ2) is 16.0. The Balaban J connectivity index is 1.36.